The van der Waals surface area contributed by atoms with Gasteiger partial charge in [-0.05, 0) is 64.7 Å². The van der Waals surface area contributed by atoms with Gasteiger partial charge in [-0.2, -0.15) is 0 Å². The maximum atomic E-state index is 10.9. The largest absolute Gasteiger partial charge is 0.300 e. The van der Waals surface area contributed by atoms with Gasteiger partial charge < -0.3 is 4.79 Å². The van der Waals surface area contributed by atoms with Crippen LogP contribution >= 0.6 is 0 Å². The molecule has 0 aliphatic rings. The zero-order valence-corrected chi connectivity index (χ0v) is 25.7. The van der Waals surface area contributed by atoms with Gasteiger partial charge in [-0.1, -0.05) is 153 Å². The fourth-order valence-electron chi connectivity index (χ4n) is 5.15. The standard InChI is InChI=1S/C36H68O/c1-3-4-5-6-7-8-9-10-11-12-13-14-15-16-17-18-19-20-21-22-23-24-25-26-27-28-29-30-31-32-33-34-35-36(2)37/h15-16,22-23H,3-14,17-21,24-35H2,1-2H3/b16-15+,23-22+. The quantitative estimate of drug-likeness (QED) is 0.0661. The van der Waals surface area contributed by atoms with E-state index >= 15 is 0 Å². The highest BCUT2D eigenvalue weighted by Gasteiger charge is 1.96. The van der Waals surface area contributed by atoms with Crippen LogP contribution in [0.1, 0.15) is 200 Å². The van der Waals surface area contributed by atoms with E-state index in [1.807, 2.05) is 0 Å². The van der Waals surface area contributed by atoms with Gasteiger partial charge in [-0.25, -0.2) is 0 Å². The molecule has 0 fully saturated rings. The number of carbonyl (C=O) groups excluding carboxylic acids is 1. The monoisotopic (exact) mass is 517 g/mol. The first-order valence-electron chi connectivity index (χ1n) is 17.1. The Bertz CT molecular complexity index is 489. The minimum atomic E-state index is 0.345. The van der Waals surface area contributed by atoms with Crippen molar-refractivity contribution in [1.29, 1.82) is 0 Å². The highest BCUT2D eigenvalue weighted by atomic mass is 16.1. The van der Waals surface area contributed by atoms with E-state index in [1.54, 1.807) is 6.92 Å². The Balaban J connectivity index is 3.15. The summed E-state index contributed by atoms with van der Waals surface area (Å²) in [5.74, 6) is 0.345. The van der Waals surface area contributed by atoms with Gasteiger partial charge in [0, 0.05) is 6.42 Å². The third-order valence-corrected chi connectivity index (χ3v) is 7.70. The van der Waals surface area contributed by atoms with E-state index in [2.05, 4.69) is 31.2 Å². The molecule has 0 atom stereocenters. The lowest BCUT2D eigenvalue weighted by atomic mass is 10.0. The summed E-state index contributed by atoms with van der Waals surface area (Å²) < 4.78 is 0. The van der Waals surface area contributed by atoms with E-state index in [4.69, 9.17) is 0 Å². The van der Waals surface area contributed by atoms with Gasteiger partial charge in [0.2, 0.25) is 0 Å². The van der Waals surface area contributed by atoms with Crippen molar-refractivity contribution in [3.63, 3.8) is 0 Å². The van der Waals surface area contributed by atoms with E-state index < -0.39 is 0 Å². The Labute approximate surface area is 234 Å². The average molecular weight is 517 g/mol. The van der Waals surface area contributed by atoms with Crippen LogP contribution in [0.4, 0.5) is 0 Å². The maximum Gasteiger partial charge on any atom is 0.129 e. The lowest BCUT2D eigenvalue weighted by Gasteiger charge is -2.02. The molecule has 0 rings (SSSR count). The molecule has 0 aromatic carbocycles. The number of ketones is 1. The van der Waals surface area contributed by atoms with Gasteiger partial charge in [0.15, 0.2) is 0 Å². The van der Waals surface area contributed by atoms with Crippen LogP contribution in [0, 0.1) is 0 Å². The zero-order chi connectivity index (χ0) is 26.9. The fraction of sp³-hybridized carbons (Fsp3) is 0.861. The molecule has 0 aliphatic carbocycles. The Hall–Kier alpha value is -0.850. The van der Waals surface area contributed by atoms with E-state index in [0.717, 1.165) is 12.8 Å². The van der Waals surface area contributed by atoms with E-state index in [1.165, 1.54) is 173 Å². The Kier molecular flexibility index (Phi) is 32.4. The Morgan fingerprint density at radius 3 is 0.919 bits per heavy atom. The van der Waals surface area contributed by atoms with Crippen LogP contribution in [-0.2, 0) is 4.79 Å². The molecule has 0 bridgehead atoms. The lowest BCUT2D eigenvalue weighted by molar-refractivity contribution is -0.117. The highest BCUT2D eigenvalue weighted by molar-refractivity contribution is 5.75. The van der Waals surface area contributed by atoms with Crippen molar-refractivity contribution >= 4 is 5.78 Å². The normalized spacial score (nSPS) is 11.8. The molecule has 0 saturated carbocycles. The van der Waals surface area contributed by atoms with E-state index in [0.29, 0.717) is 5.78 Å². The van der Waals surface area contributed by atoms with Gasteiger partial charge in [-0.3, -0.25) is 0 Å². The number of rotatable bonds is 31. The smallest absolute Gasteiger partial charge is 0.129 e. The summed E-state index contributed by atoms with van der Waals surface area (Å²) in [6.07, 6.45) is 48.9. The van der Waals surface area contributed by atoms with Crippen molar-refractivity contribution < 1.29 is 4.79 Å². The summed E-state index contributed by atoms with van der Waals surface area (Å²) in [5, 5.41) is 0. The Morgan fingerprint density at radius 2 is 0.622 bits per heavy atom. The molecule has 0 aromatic heterocycles. The molecule has 1 nitrogen and oxygen atoms in total. The molecule has 0 saturated heterocycles. The van der Waals surface area contributed by atoms with Crippen molar-refractivity contribution in [1.82, 2.24) is 0 Å². The molecule has 0 spiro atoms. The summed E-state index contributed by atoms with van der Waals surface area (Å²) in [7, 11) is 0. The Morgan fingerprint density at radius 1 is 0.378 bits per heavy atom. The van der Waals surface area contributed by atoms with Crippen LogP contribution in [0.5, 0.6) is 0 Å². The second-order valence-electron chi connectivity index (χ2n) is 11.7. The van der Waals surface area contributed by atoms with Gasteiger partial charge in [0.1, 0.15) is 5.78 Å². The van der Waals surface area contributed by atoms with E-state index in [9.17, 15) is 4.79 Å². The molecule has 1 heteroatoms. The minimum absolute atomic E-state index is 0.345. The van der Waals surface area contributed by atoms with E-state index in [-0.39, 0.29) is 0 Å². The van der Waals surface area contributed by atoms with Crippen LogP contribution in [0.2, 0.25) is 0 Å². The number of Topliss-reactive ketones (excluding diaryl/α,β-unsaturated/α-hetero) is 1. The molecule has 0 N–H and O–H groups in total. The second-order valence-corrected chi connectivity index (χ2v) is 11.7. The number of hydrogen-bond donors (Lipinski definition) is 0. The van der Waals surface area contributed by atoms with Gasteiger partial charge in [0.05, 0.1) is 0 Å². The highest BCUT2D eigenvalue weighted by Crippen LogP contribution is 2.14. The second kappa shape index (κ2) is 33.2. The summed E-state index contributed by atoms with van der Waals surface area (Å²) in [5.41, 5.74) is 0. The number of hydrogen-bond acceptors (Lipinski definition) is 1. The maximum absolute atomic E-state index is 10.9. The van der Waals surface area contributed by atoms with Gasteiger partial charge in [0.25, 0.3) is 0 Å². The summed E-state index contributed by atoms with van der Waals surface area (Å²) in [6, 6.07) is 0. The first-order chi connectivity index (χ1) is 18.3. The predicted octanol–water partition coefficient (Wildman–Crippen LogP) is 13.0. The van der Waals surface area contributed by atoms with Crippen molar-refractivity contribution in [3.05, 3.63) is 24.3 Å². The lowest BCUT2D eigenvalue weighted by Crippen LogP contribution is -1.89. The van der Waals surface area contributed by atoms with Gasteiger partial charge in [-0.15, -0.1) is 0 Å². The molecule has 0 radical (unpaired) electrons. The molecule has 218 valence electrons. The van der Waals surface area contributed by atoms with Crippen LogP contribution in [0.15, 0.2) is 24.3 Å². The third-order valence-electron chi connectivity index (χ3n) is 7.70. The van der Waals surface area contributed by atoms with Crippen molar-refractivity contribution in [2.75, 3.05) is 0 Å². The van der Waals surface area contributed by atoms with Crippen LogP contribution in [0.25, 0.3) is 0 Å². The molecular weight excluding hydrogens is 448 g/mol. The van der Waals surface area contributed by atoms with Gasteiger partial charge >= 0.3 is 0 Å². The average Bonchev–Trinajstić information content (AvgIpc) is 2.89. The number of allylic oxidation sites excluding steroid dienone is 4. The number of carbonyl (C=O) groups is 1. The fourth-order valence-corrected chi connectivity index (χ4v) is 5.15. The summed E-state index contributed by atoms with van der Waals surface area (Å²) in [4.78, 5) is 10.9. The predicted molar refractivity (Wildman–Crippen MR) is 169 cm³/mol. The van der Waals surface area contributed by atoms with Crippen molar-refractivity contribution in [3.8, 4) is 0 Å². The first kappa shape index (κ1) is 36.1. The summed E-state index contributed by atoms with van der Waals surface area (Å²) in [6.45, 7) is 4.00. The zero-order valence-electron chi connectivity index (χ0n) is 25.7. The topological polar surface area (TPSA) is 17.1 Å². The van der Waals surface area contributed by atoms with Crippen LogP contribution in [-0.4, -0.2) is 5.78 Å². The first-order valence-corrected chi connectivity index (χ1v) is 17.1. The third kappa shape index (κ3) is 35.1. The molecule has 0 unspecified atom stereocenters. The summed E-state index contributed by atoms with van der Waals surface area (Å²) >= 11 is 0. The SMILES string of the molecule is CCCCCCCCCCCCC/C=C/CCCCC/C=C/CCCCCCCCCCCCC(C)=O. The molecule has 0 aliphatic heterocycles. The van der Waals surface area contributed by atoms with Crippen molar-refractivity contribution in [2.24, 2.45) is 0 Å². The minimum Gasteiger partial charge on any atom is -0.300 e. The molecular formula is C36H68O. The molecule has 0 amide bonds. The van der Waals surface area contributed by atoms with Crippen LogP contribution < -0.4 is 0 Å². The van der Waals surface area contributed by atoms with Crippen molar-refractivity contribution in [2.45, 2.75) is 200 Å². The van der Waals surface area contributed by atoms with Crippen LogP contribution in [0.3, 0.4) is 0 Å². The molecule has 0 heterocycles. The number of unbranched alkanes of at least 4 members (excludes halogenated alkanes) is 25. The molecule has 0 aromatic rings. The molecule has 37 heavy (non-hydrogen) atoms.